The largest absolute Gasteiger partial charge is 0.497 e. The fourth-order valence-electron chi connectivity index (χ4n) is 0.820. The van der Waals surface area contributed by atoms with Crippen molar-refractivity contribution in [2.75, 3.05) is 7.11 Å². The van der Waals surface area contributed by atoms with E-state index in [0.29, 0.717) is 11.3 Å². The van der Waals surface area contributed by atoms with Crippen molar-refractivity contribution >= 4 is 11.9 Å². The van der Waals surface area contributed by atoms with Gasteiger partial charge in [0.15, 0.2) is 0 Å². The number of rotatable bonds is 5. The molecule has 0 atom stereocenters. The van der Waals surface area contributed by atoms with Crippen molar-refractivity contribution in [2.45, 2.75) is 6.92 Å². The van der Waals surface area contributed by atoms with Crippen LogP contribution in [-0.2, 0) is 4.74 Å². The molecule has 0 saturated heterocycles. The molecule has 0 amide bonds. The summed E-state index contributed by atoms with van der Waals surface area (Å²) >= 11 is 0. The van der Waals surface area contributed by atoms with E-state index in [2.05, 4.69) is 16.8 Å². The van der Waals surface area contributed by atoms with E-state index in [4.69, 9.17) is 16.4 Å². The van der Waals surface area contributed by atoms with Gasteiger partial charge in [-0.05, 0) is 30.7 Å². The van der Waals surface area contributed by atoms with Gasteiger partial charge >= 0.3 is 0 Å². The zero-order chi connectivity index (χ0) is 11.7. The summed E-state index contributed by atoms with van der Waals surface area (Å²) in [5.41, 5.74) is 1.02. The Labute approximate surface area is 89.5 Å². The van der Waals surface area contributed by atoms with E-state index in [1.165, 1.54) is 6.21 Å². The highest BCUT2D eigenvalue weighted by Crippen LogP contribution is 2.02. The van der Waals surface area contributed by atoms with Crippen molar-refractivity contribution in [1.82, 2.24) is 0 Å². The first-order valence-corrected chi connectivity index (χ1v) is 4.28. The van der Waals surface area contributed by atoms with Gasteiger partial charge in [0.1, 0.15) is 11.5 Å². The van der Waals surface area contributed by atoms with Gasteiger partial charge in [-0.1, -0.05) is 6.58 Å². The first kappa shape index (κ1) is 13.0. The number of ether oxygens (including phenoxy) is 1. The molecule has 0 fully saturated rings. The summed E-state index contributed by atoms with van der Waals surface area (Å²) in [6.45, 7) is 5.62. The summed E-state index contributed by atoms with van der Waals surface area (Å²) in [7, 11) is 1.59. The summed E-state index contributed by atoms with van der Waals surface area (Å²) in [6, 6.07) is 0. The molecule has 0 aromatic heterocycles. The van der Waals surface area contributed by atoms with Gasteiger partial charge in [0.2, 0.25) is 0 Å². The standard InChI is InChI=1S/C10H16N4O/c1-4-9(15-3)6-5-8(2)10(14-12)7-13-11/h4-7H,2,11-12H2,1,3H3/b6-5-,9-4+,13-7?,14-10?. The zero-order valence-corrected chi connectivity index (χ0v) is 8.97. The number of allylic oxidation sites excluding steroid dienone is 4. The molecule has 0 spiro atoms. The van der Waals surface area contributed by atoms with Crippen LogP contribution in [0.2, 0.25) is 0 Å². The maximum absolute atomic E-state index is 5.13. The Bertz CT molecular complexity index is 326. The highest BCUT2D eigenvalue weighted by molar-refractivity contribution is 6.38. The SMILES string of the molecule is C=C(/C=C\C(=C/C)OC)C(C=NN)=NN. The van der Waals surface area contributed by atoms with E-state index >= 15 is 0 Å². The predicted molar refractivity (Wildman–Crippen MR) is 63.3 cm³/mol. The fourth-order valence-corrected chi connectivity index (χ4v) is 0.820. The van der Waals surface area contributed by atoms with Gasteiger partial charge in [0.05, 0.1) is 13.3 Å². The van der Waals surface area contributed by atoms with E-state index in [-0.39, 0.29) is 0 Å². The van der Waals surface area contributed by atoms with E-state index in [0.717, 1.165) is 5.76 Å². The number of hydrogen-bond acceptors (Lipinski definition) is 5. The van der Waals surface area contributed by atoms with Crippen molar-refractivity contribution in [3.05, 3.63) is 36.1 Å². The van der Waals surface area contributed by atoms with Crippen LogP contribution in [0.15, 0.2) is 46.3 Å². The van der Waals surface area contributed by atoms with Crippen molar-refractivity contribution in [2.24, 2.45) is 21.9 Å². The molecule has 5 nitrogen and oxygen atoms in total. The molecule has 0 aromatic rings. The van der Waals surface area contributed by atoms with Crippen LogP contribution in [0.5, 0.6) is 0 Å². The van der Waals surface area contributed by atoms with E-state index < -0.39 is 0 Å². The van der Waals surface area contributed by atoms with Crippen LogP contribution in [0.4, 0.5) is 0 Å². The molecule has 0 radical (unpaired) electrons. The lowest BCUT2D eigenvalue weighted by molar-refractivity contribution is 0.306. The first-order valence-electron chi connectivity index (χ1n) is 4.28. The van der Waals surface area contributed by atoms with E-state index in [9.17, 15) is 0 Å². The van der Waals surface area contributed by atoms with E-state index in [1.807, 2.05) is 13.0 Å². The molecule has 82 valence electrons. The van der Waals surface area contributed by atoms with Gasteiger partial charge in [-0.2, -0.15) is 10.2 Å². The van der Waals surface area contributed by atoms with Gasteiger partial charge in [-0.15, -0.1) is 0 Å². The monoisotopic (exact) mass is 208 g/mol. The Balaban J connectivity index is 4.62. The van der Waals surface area contributed by atoms with Gasteiger partial charge in [0.25, 0.3) is 0 Å². The van der Waals surface area contributed by atoms with Gasteiger partial charge in [-0.3, -0.25) is 0 Å². The number of methoxy groups -OCH3 is 1. The maximum atomic E-state index is 5.13. The summed E-state index contributed by atoms with van der Waals surface area (Å²) < 4.78 is 5.03. The minimum atomic E-state index is 0.417. The quantitative estimate of drug-likeness (QED) is 0.231. The Hall–Kier alpha value is -2.04. The second-order valence-corrected chi connectivity index (χ2v) is 2.55. The average molecular weight is 208 g/mol. The molecule has 15 heavy (non-hydrogen) atoms. The highest BCUT2D eigenvalue weighted by atomic mass is 16.5. The van der Waals surface area contributed by atoms with Crippen molar-refractivity contribution in [3.8, 4) is 0 Å². The predicted octanol–water partition coefficient (Wildman–Crippen LogP) is 0.908. The van der Waals surface area contributed by atoms with Crippen molar-refractivity contribution in [3.63, 3.8) is 0 Å². The third-order valence-corrected chi connectivity index (χ3v) is 1.63. The molecular formula is C10H16N4O. The molecule has 0 aromatic carbocycles. The van der Waals surface area contributed by atoms with Crippen LogP contribution < -0.4 is 11.7 Å². The number of hydrogen-bond donors (Lipinski definition) is 2. The molecule has 0 saturated carbocycles. The molecule has 0 aliphatic carbocycles. The molecular weight excluding hydrogens is 192 g/mol. The summed E-state index contributed by atoms with van der Waals surface area (Å²) in [5, 5.41) is 6.80. The first-order chi connectivity index (χ1) is 7.19. The Kier molecular flexibility index (Phi) is 6.37. The highest BCUT2D eigenvalue weighted by Gasteiger charge is 1.97. The normalized spacial score (nSPS) is 13.7. The molecule has 0 bridgehead atoms. The summed E-state index contributed by atoms with van der Waals surface area (Å²) in [5.74, 6) is 10.8. The lowest BCUT2D eigenvalue weighted by Crippen LogP contribution is -2.06. The van der Waals surface area contributed by atoms with Crippen LogP contribution in [-0.4, -0.2) is 19.0 Å². The maximum Gasteiger partial charge on any atom is 0.114 e. The van der Waals surface area contributed by atoms with Crippen LogP contribution >= 0.6 is 0 Å². The Morgan fingerprint density at radius 1 is 1.33 bits per heavy atom. The van der Waals surface area contributed by atoms with Gasteiger partial charge < -0.3 is 16.4 Å². The second-order valence-electron chi connectivity index (χ2n) is 2.55. The van der Waals surface area contributed by atoms with E-state index in [1.54, 1.807) is 19.3 Å². The third kappa shape index (κ3) is 4.66. The third-order valence-electron chi connectivity index (χ3n) is 1.63. The summed E-state index contributed by atoms with van der Waals surface area (Å²) in [4.78, 5) is 0. The molecule has 0 aliphatic rings. The summed E-state index contributed by atoms with van der Waals surface area (Å²) in [6.07, 6.45) is 6.61. The van der Waals surface area contributed by atoms with Crippen LogP contribution in [0.1, 0.15) is 6.92 Å². The van der Waals surface area contributed by atoms with Crippen LogP contribution in [0.25, 0.3) is 0 Å². The zero-order valence-electron chi connectivity index (χ0n) is 8.97. The minimum absolute atomic E-state index is 0.417. The molecule has 4 N–H and O–H groups in total. The number of nitrogens with zero attached hydrogens (tertiary/aromatic N) is 2. The topological polar surface area (TPSA) is 86.0 Å². The smallest absolute Gasteiger partial charge is 0.114 e. The fraction of sp³-hybridized carbons (Fsp3) is 0.200. The molecule has 0 aliphatic heterocycles. The van der Waals surface area contributed by atoms with Crippen LogP contribution in [0, 0.1) is 0 Å². The van der Waals surface area contributed by atoms with Gasteiger partial charge in [0, 0.05) is 0 Å². The lowest BCUT2D eigenvalue weighted by atomic mass is 10.2. The van der Waals surface area contributed by atoms with Crippen LogP contribution in [0.3, 0.4) is 0 Å². The van der Waals surface area contributed by atoms with Gasteiger partial charge in [-0.25, -0.2) is 0 Å². The number of hydrazone groups is 2. The average Bonchev–Trinajstić information content (AvgIpc) is 2.26. The second kappa shape index (κ2) is 7.37. The Morgan fingerprint density at radius 2 is 2.00 bits per heavy atom. The lowest BCUT2D eigenvalue weighted by Gasteiger charge is -2.00. The molecule has 5 heteroatoms. The number of nitrogens with two attached hydrogens (primary N) is 2. The van der Waals surface area contributed by atoms with Crippen molar-refractivity contribution in [1.29, 1.82) is 0 Å². The molecule has 0 unspecified atom stereocenters. The molecule has 0 heterocycles. The molecule has 0 rings (SSSR count). The minimum Gasteiger partial charge on any atom is -0.497 e. The van der Waals surface area contributed by atoms with Crippen molar-refractivity contribution < 1.29 is 4.74 Å². The Morgan fingerprint density at radius 3 is 2.40 bits per heavy atom.